The number of rotatable bonds is 6. The topological polar surface area (TPSA) is 58.4 Å². The molecule has 1 rings (SSSR count). The number of aryl methyl sites for hydroxylation is 1. The van der Waals surface area contributed by atoms with E-state index in [4.69, 9.17) is 5.73 Å². The van der Waals surface area contributed by atoms with Crippen LogP contribution < -0.4 is 11.1 Å². The van der Waals surface area contributed by atoms with Gasteiger partial charge in [-0.25, -0.2) is 0 Å². The molecule has 0 radical (unpaired) electrons. The first-order valence-electron chi connectivity index (χ1n) is 6.07. The van der Waals surface area contributed by atoms with Crippen molar-refractivity contribution in [3.8, 4) is 0 Å². The Balaban J connectivity index is 2.27. The fraction of sp³-hybridized carbons (Fsp3) is 0.357. The van der Waals surface area contributed by atoms with Gasteiger partial charge in [0.25, 0.3) is 5.91 Å². The van der Waals surface area contributed by atoms with Crippen LogP contribution in [0.2, 0.25) is 0 Å². The highest BCUT2D eigenvalue weighted by Gasteiger charge is 2.03. The molecule has 1 aromatic carbocycles. The summed E-state index contributed by atoms with van der Waals surface area (Å²) in [6.45, 7) is 3.53. The van der Waals surface area contributed by atoms with Crippen molar-refractivity contribution in [3.63, 3.8) is 0 Å². The summed E-state index contributed by atoms with van der Waals surface area (Å²) < 4.78 is 0. The quantitative estimate of drug-likeness (QED) is 0.749. The molecule has 1 aromatic rings. The molecule has 0 atom stereocenters. The second kappa shape index (κ2) is 7.37. The van der Waals surface area contributed by atoms with Crippen molar-refractivity contribution in [1.29, 1.82) is 0 Å². The van der Waals surface area contributed by atoms with Gasteiger partial charge in [-0.15, -0.1) is 0 Å². The van der Waals surface area contributed by atoms with Gasteiger partial charge in [-0.2, -0.15) is 0 Å². The predicted octanol–water partition coefficient (Wildman–Crippen LogP) is 1.48. The van der Waals surface area contributed by atoms with Crippen molar-refractivity contribution in [2.45, 2.75) is 13.3 Å². The Hall–Kier alpha value is -1.97. The van der Waals surface area contributed by atoms with Crippen LogP contribution in [0.25, 0.3) is 0 Å². The number of nitrogens with zero attached hydrogens (tertiary/aromatic N) is 1. The van der Waals surface area contributed by atoms with Gasteiger partial charge >= 0.3 is 0 Å². The van der Waals surface area contributed by atoms with Crippen molar-refractivity contribution < 1.29 is 4.79 Å². The van der Waals surface area contributed by atoms with Gasteiger partial charge in [0.1, 0.15) is 0 Å². The second-order valence-corrected chi connectivity index (χ2v) is 4.30. The van der Waals surface area contributed by atoms with E-state index >= 15 is 0 Å². The molecule has 98 valence electrons. The summed E-state index contributed by atoms with van der Waals surface area (Å²) in [5.41, 5.74) is 7.14. The lowest BCUT2D eigenvalue weighted by atomic mass is 10.1. The molecule has 1 amide bonds. The third kappa shape index (κ3) is 4.91. The molecule has 4 heteroatoms. The maximum atomic E-state index is 11.8. The van der Waals surface area contributed by atoms with Crippen LogP contribution in [0.1, 0.15) is 22.3 Å². The Labute approximate surface area is 108 Å². The lowest BCUT2D eigenvalue weighted by Gasteiger charge is -2.13. The molecular weight excluding hydrogens is 226 g/mol. The molecule has 0 aliphatic carbocycles. The van der Waals surface area contributed by atoms with E-state index in [0.717, 1.165) is 18.5 Å². The van der Waals surface area contributed by atoms with E-state index in [1.54, 1.807) is 0 Å². The van der Waals surface area contributed by atoms with Gasteiger partial charge in [-0.1, -0.05) is 17.7 Å². The fourth-order valence-corrected chi connectivity index (χ4v) is 1.56. The Kier molecular flexibility index (Phi) is 5.77. The molecule has 0 fully saturated rings. The molecule has 0 saturated carbocycles. The number of carbonyl (C=O) groups excluding carboxylic acids is 1. The highest BCUT2D eigenvalue weighted by molar-refractivity contribution is 5.94. The van der Waals surface area contributed by atoms with Crippen LogP contribution in [0.5, 0.6) is 0 Å². The highest BCUT2D eigenvalue weighted by atomic mass is 16.1. The summed E-state index contributed by atoms with van der Waals surface area (Å²) in [7, 11) is 1.95. The van der Waals surface area contributed by atoms with Crippen LogP contribution >= 0.6 is 0 Å². The minimum Gasteiger partial charge on any atom is -0.403 e. The van der Waals surface area contributed by atoms with E-state index in [2.05, 4.69) is 5.32 Å². The van der Waals surface area contributed by atoms with Gasteiger partial charge in [0.15, 0.2) is 0 Å². The normalized spacial score (nSPS) is 10.6. The SMILES string of the molecule is Cc1ccc(C(=O)NCCCN(C)/C=C\N)cc1. The molecule has 0 bridgehead atoms. The van der Waals surface area contributed by atoms with Gasteiger partial charge in [-0.3, -0.25) is 4.79 Å². The third-order valence-corrected chi connectivity index (χ3v) is 2.63. The van der Waals surface area contributed by atoms with Crippen molar-refractivity contribution in [2.24, 2.45) is 5.73 Å². The maximum absolute atomic E-state index is 11.8. The van der Waals surface area contributed by atoms with Crippen LogP contribution in [-0.2, 0) is 0 Å². The minimum absolute atomic E-state index is 0.0213. The van der Waals surface area contributed by atoms with Crippen molar-refractivity contribution in [2.75, 3.05) is 20.1 Å². The molecule has 0 aliphatic rings. The van der Waals surface area contributed by atoms with Gasteiger partial charge in [-0.05, 0) is 25.5 Å². The molecule has 4 nitrogen and oxygen atoms in total. The van der Waals surface area contributed by atoms with Gasteiger partial charge in [0.2, 0.25) is 0 Å². The molecule has 0 saturated heterocycles. The molecule has 3 N–H and O–H groups in total. The number of hydrogen-bond donors (Lipinski definition) is 2. The van der Waals surface area contributed by atoms with E-state index in [0.29, 0.717) is 12.1 Å². The van der Waals surface area contributed by atoms with E-state index in [1.165, 1.54) is 6.20 Å². The summed E-state index contributed by atoms with van der Waals surface area (Å²) in [4.78, 5) is 13.8. The standard InChI is InChI=1S/C14H21N3O/c1-12-4-6-13(7-5-12)14(18)16-9-3-10-17(2)11-8-15/h4-8,11H,3,9-10,15H2,1-2H3,(H,16,18)/b11-8-. The Morgan fingerprint density at radius 3 is 2.67 bits per heavy atom. The smallest absolute Gasteiger partial charge is 0.251 e. The number of amides is 1. The summed E-state index contributed by atoms with van der Waals surface area (Å²) in [6.07, 6.45) is 4.20. The molecule has 0 aliphatic heterocycles. The summed E-state index contributed by atoms with van der Waals surface area (Å²) in [6, 6.07) is 7.56. The number of hydrogen-bond acceptors (Lipinski definition) is 3. The van der Waals surface area contributed by atoms with Gasteiger partial charge < -0.3 is 16.0 Å². The summed E-state index contributed by atoms with van der Waals surface area (Å²) in [5.74, 6) is -0.0213. The third-order valence-electron chi connectivity index (χ3n) is 2.63. The van der Waals surface area contributed by atoms with E-state index < -0.39 is 0 Å². The van der Waals surface area contributed by atoms with Crippen LogP contribution in [0.3, 0.4) is 0 Å². The molecular formula is C14H21N3O. The molecule has 18 heavy (non-hydrogen) atoms. The minimum atomic E-state index is -0.0213. The average molecular weight is 247 g/mol. The molecule has 0 spiro atoms. The van der Waals surface area contributed by atoms with E-state index in [-0.39, 0.29) is 5.91 Å². The van der Waals surface area contributed by atoms with E-state index in [1.807, 2.05) is 49.3 Å². The maximum Gasteiger partial charge on any atom is 0.251 e. The van der Waals surface area contributed by atoms with Crippen molar-refractivity contribution >= 4 is 5.91 Å². The summed E-state index contributed by atoms with van der Waals surface area (Å²) >= 11 is 0. The second-order valence-electron chi connectivity index (χ2n) is 4.30. The lowest BCUT2D eigenvalue weighted by Crippen LogP contribution is -2.26. The fourth-order valence-electron chi connectivity index (χ4n) is 1.56. The highest BCUT2D eigenvalue weighted by Crippen LogP contribution is 2.02. The monoisotopic (exact) mass is 247 g/mol. The number of nitrogens with two attached hydrogens (primary N) is 1. The van der Waals surface area contributed by atoms with Crippen LogP contribution in [0.4, 0.5) is 0 Å². The van der Waals surface area contributed by atoms with Gasteiger partial charge in [0, 0.05) is 38.1 Å². The first-order chi connectivity index (χ1) is 8.63. The average Bonchev–Trinajstić information content (AvgIpc) is 2.35. The Morgan fingerprint density at radius 2 is 2.06 bits per heavy atom. The molecule has 0 unspecified atom stereocenters. The van der Waals surface area contributed by atoms with Crippen LogP contribution in [-0.4, -0.2) is 30.9 Å². The zero-order chi connectivity index (χ0) is 13.4. The van der Waals surface area contributed by atoms with Gasteiger partial charge in [0.05, 0.1) is 0 Å². The summed E-state index contributed by atoms with van der Waals surface area (Å²) in [5, 5.41) is 2.89. The van der Waals surface area contributed by atoms with Crippen molar-refractivity contribution in [3.05, 3.63) is 47.8 Å². The Morgan fingerprint density at radius 1 is 1.39 bits per heavy atom. The zero-order valence-electron chi connectivity index (χ0n) is 11.0. The number of carbonyl (C=O) groups is 1. The van der Waals surface area contributed by atoms with Crippen LogP contribution in [0, 0.1) is 6.92 Å². The zero-order valence-corrected chi connectivity index (χ0v) is 11.0. The largest absolute Gasteiger partial charge is 0.403 e. The molecule has 0 heterocycles. The Bertz CT molecular complexity index is 398. The number of benzene rings is 1. The first-order valence-corrected chi connectivity index (χ1v) is 6.07. The molecule has 0 aromatic heterocycles. The van der Waals surface area contributed by atoms with E-state index in [9.17, 15) is 4.79 Å². The van der Waals surface area contributed by atoms with Crippen molar-refractivity contribution in [1.82, 2.24) is 10.2 Å². The predicted molar refractivity (Wildman–Crippen MR) is 74.1 cm³/mol. The first kappa shape index (κ1) is 14.1. The lowest BCUT2D eigenvalue weighted by molar-refractivity contribution is 0.0952. The van der Waals surface area contributed by atoms with Crippen LogP contribution in [0.15, 0.2) is 36.7 Å². The number of nitrogens with one attached hydrogen (secondary N) is 1.